The van der Waals surface area contributed by atoms with Gasteiger partial charge in [-0.05, 0) is 25.8 Å². The standard InChI is InChI=1S/C16H18F2N2O5/c1-2-25-15(23)10-6-11(17)12(18)7-13(10)19-16(24)20-5-3-4-9(8-20)14(21)22/h6-7,9H,2-5,8H2,1H3,(H,19,24)(H,21,22). The molecule has 0 aliphatic carbocycles. The van der Waals surface area contributed by atoms with E-state index in [1.54, 1.807) is 6.92 Å². The first kappa shape index (κ1) is 18.6. The van der Waals surface area contributed by atoms with Crippen LogP contribution in [0.15, 0.2) is 12.1 Å². The predicted molar refractivity (Wildman–Crippen MR) is 83.3 cm³/mol. The first-order chi connectivity index (χ1) is 11.8. The summed E-state index contributed by atoms with van der Waals surface area (Å²) in [5, 5.41) is 11.4. The number of hydrogen-bond donors (Lipinski definition) is 2. The number of benzene rings is 1. The Hall–Kier alpha value is -2.71. The number of esters is 1. The number of aliphatic carboxylic acids is 1. The molecule has 2 N–H and O–H groups in total. The number of rotatable bonds is 4. The maximum absolute atomic E-state index is 13.5. The Morgan fingerprint density at radius 3 is 2.64 bits per heavy atom. The second-order valence-corrected chi connectivity index (χ2v) is 5.59. The molecule has 0 radical (unpaired) electrons. The van der Waals surface area contributed by atoms with E-state index in [0.29, 0.717) is 31.5 Å². The number of carbonyl (C=O) groups is 3. The number of halogens is 2. The molecule has 1 aliphatic rings. The molecule has 1 aliphatic heterocycles. The van der Waals surface area contributed by atoms with Gasteiger partial charge in [0.25, 0.3) is 0 Å². The van der Waals surface area contributed by atoms with Crippen molar-refractivity contribution in [3.63, 3.8) is 0 Å². The van der Waals surface area contributed by atoms with Crippen molar-refractivity contribution in [1.82, 2.24) is 4.90 Å². The van der Waals surface area contributed by atoms with E-state index in [1.807, 2.05) is 0 Å². The third-order valence-corrected chi connectivity index (χ3v) is 3.86. The van der Waals surface area contributed by atoms with Gasteiger partial charge in [0.1, 0.15) is 0 Å². The number of likely N-dealkylation sites (tertiary alicyclic amines) is 1. The Kier molecular flexibility index (Phi) is 5.89. The van der Waals surface area contributed by atoms with E-state index < -0.39 is 35.5 Å². The Labute approximate surface area is 142 Å². The average molecular weight is 356 g/mol. The third-order valence-electron chi connectivity index (χ3n) is 3.86. The summed E-state index contributed by atoms with van der Waals surface area (Å²) in [5.74, 6) is -5.07. The van der Waals surface area contributed by atoms with Crippen LogP contribution in [0.2, 0.25) is 0 Å². The van der Waals surface area contributed by atoms with E-state index in [9.17, 15) is 23.2 Å². The highest BCUT2D eigenvalue weighted by Crippen LogP contribution is 2.23. The number of amides is 2. The van der Waals surface area contributed by atoms with Crippen molar-refractivity contribution in [2.45, 2.75) is 19.8 Å². The molecular formula is C16H18F2N2O5. The van der Waals surface area contributed by atoms with Gasteiger partial charge in [-0.25, -0.2) is 18.4 Å². The van der Waals surface area contributed by atoms with Gasteiger partial charge in [-0.2, -0.15) is 0 Å². The maximum Gasteiger partial charge on any atom is 0.340 e. The lowest BCUT2D eigenvalue weighted by Gasteiger charge is -2.30. The van der Waals surface area contributed by atoms with E-state index in [4.69, 9.17) is 9.84 Å². The molecule has 1 atom stereocenters. The van der Waals surface area contributed by atoms with Gasteiger partial charge >= 0.3 is 18.0 Å². The summed E-state index contributed by atoms with van der Waals surface area (Å²) in [5.41, 5.74) is -0.555. The first-order valence-electron chi connectivity index (χ1n) is 7.78. The van der Waals surface area contributed by atoms with Crippen LogP contribution in [0.1, 0.15) is 30.1 Å². The second kappa shape index (κ2) is 7.91. The van der Waals surface area contributed by atoms with Crippen LogP contribution in [0.4, 0.5) is 19.3 Å². The number of hydrogen-bond acceptors (Lipinski definition) is 4. The van der Waals surface area contributed by atoms with Gasteiger partial charge in [-0.1, -0.05) is 0 Å². The van der Waals surface area contributed by atoms with Crippen molar-refractivity contribution in [2.24, 2.45) is 5.92 Å². The van der Waals surface area contributed by atoms with E-state index in [-0.39, 0.29) is 24.4 Å². The fourth-order valence-corrected chi connectivity index (χ4v) is 2.59. The van der Waals surface area contributed by atoms with Crippen LogP contribution in [-0.4, -0.2) is 47.7 Å². The van der Waals surface area contributed by atoms with Gasteiger partial charge in [0.05, 0.1) is 23.8 Å². The van der Waals surface area contributed by atoms with Crippen molar-refractivity contribution < 1.29 is 33.0 Å². The predicted octanol–water partition coefficient (Wildman–Crippen LogP) is 2.47. The number of nitrogens with zero attached hydrogens (tertiary/aromatic N) is 1. The molecule has 1 unspecified atom stereocenters. The summed E-state index contributed by atoms with van der Waals surface area (Å²) in [4.78, 5) is 36.5. The molecule has 0 aromatic heterocycles. The minimum Gasteiger partial charge on any atom is -0.481 e. The van der Waals surface area contributed by atoms with Crippen LogP contribution < -0.4 is 5.32 Å². The van der Waals surface area contributed by atoms with Crippen molar-refractivity contribution >= 4 is 23.7 Å². The summed E-state index contributed by atoms with van der Waals surface area (Å²) < 4.78 is 31.7. The van der Waals surface area contributed by atoms with Gasteiger partial charge in [-0.3, -0.25) is 4.79 Å². The Balaban J connectivity index is 2.20. The zero-order valence-electron chi connectivity index (χ0n) is 13.6. The molecule has 1 fully saturated rings. The van der Waals surface area contributed by atoms with Crippen molar-refractivity contribution in [3.8, 4) is 0 Å². The third kappa shape index (κ3) is 4.43. The number of piperidine rings is 1. The number of nitrogens with one attached hydrogen (secondary N) is 1. The Morgan fingerprint density at radius 2 is 2.00 bits per heavy atom. The van der Waals surface area contributed by atoms with Crippen LogP contribution in [-0.2, 0) is 9.53 Å². The lowest BCUT2D eigenvalue weighted by molar-refractivity contribution is -0.143. The first-order valence-corrected chi connectivity index (χ1v) is 7.78. The second-order valence-electron chi connectivity index (χ2n) is 5.59. The fraction of sp³-hybridized carbons (Fsp3) is 0.438. The highest BCUT2D eigenvalue weighted by atomic mass is 19.2. The van der Waals surface area contributed by atoms with Crippen LogP contribution in [0.3, 0.4) is 0 Å². The van der Waals surface area contributed by atoms with E-state index in [1.165, 1.54) is 4.90 Å². The highest BCUT2D eigenvalue weighted by Gasteiger charge is 2.29. The summed E-state index contributed by atoms with van der Waals surface area (Å²) >= 11 is 0. The van der Waals surface area contributed by atoms with Gasteiger partial charge in [-0.15, -0.1) is 0 Å². The van der Waals surface area contributed by atoms with Crippen molar-refractivity contribution in [1.29, 1.82) is 0 Å². The maximum atomic E-state index is 13.5. The molecular weight excluding hydrogens is 338 g/mol. The van der Waals surface area contributed by atoms with Gasteiger partial charge in [0.15, 0.2) is 11.6 Å². The van der Waals surface area contributed by atoms with Gasteiger partial charge < -0.3 is 20.1 Å². The SMILES string of the molecule is CCOC(=O)c1cc(F)c(F)cc1NC(=O)N1CCCC(C(=O)O)C1. The molecule has 2 rings (SSSR count). The molecule has 1 saturated heterocycles. The number of carbonyl (C=O) groups excluding carboxylic acids is 2. The minimum atomic E-state index is -1.25. The number of ether oxygens (including phenoxy) is 1. The number of anilines is 1. The number of urea groups is 1. The van der Waals surface area contributed by atoms with E-state index in [0.717, 1.165) is 0 Å². The number of carboxylic acid groups (broad SMARTS) is 1. The number of carboxylic acids is 1. The molecule has 0 bridgehead atoms. The molecule has 7 nitrogen and oxygen atoms in total. The van der Waals surface area contributed by atoms with Crippen LogP contribution in [0, 0.1) is 17.6 Å². The summed E-state index contributed by atoms with van der Waals surface area (Å²) in [6, 6.07) is 0.652. The molecule has 2 amide bonds. The minimum absolute atomic E-state index is 0.000413. The van der Waals surface area contributed by atoms with Crippen LogP contribution >= 0.6 is 0 Å². The Bertz CT molecular complexity index is 695. The Morgan fingerprint density at radius 1 is 1.32 bits per heavy atom. The topological polar surface area (TPSA) is 95.9 Å². The zero-order valence-corrected chi connectivity index (χ0v) is 13.6. The van der Waals surface area contributed by atoms with E-state index in [2.05, 4.69) is 5.32 Å². The highest BCUT2D eigenvalue weighted by molar-refractivity contribution is 6.01. The van der Waals surface area contributed by atoms with Crippen LogP contribution in [0.25, 0.3) is 0 Å². The lowest BCUT2D eigenvalue weighted by atomic mass is 9.99. The average Bonchev–Trinajstić information content (AvgIpc) is 2.58. The molecule has 9 heteroatoms. The molecule has 25 heavy (non-hydrogen) atoms. The van der Waals surface area contributed by atoms with Gasteiger partial charge in [0, 0.05) is 19.2 Å². The van der Waals surface area contributed by atoms with Crippen molar-refractivity contribution in [2.75, 3.05) is 25.0 Å². The quantitative estimate of drug-likeness (QED) is 0.808. The smallest absolute Gasteiger partial charge is 0.340 e. The molecule has 1 aromatic carbocycles. The monoisotopic (exact) mass is 356 g/mol. The van der Waals surface area contributed by atoms with Crippen molar-refractivity contribution in [3.05, 3.63) is 29.3 Å². The summed E-state index contributed by atoms with van der Waals surface area (Å²) in [6.07, 6.45) is 0.964. The molecule has 0 spiro atoms. The lowest BCUT2D eigenvalue weighted by Crippen LogP contribution is -2.44. The summed E-state index contributed by atoms with van der Waals surface area (Å²) in [6.45, 7) is 1.90. The normalized spacial score (nSPS) is 17.1. The molecule has 136 valence electrons. The van der Waals surface area contributed by atoms with Gasteiger partial charge in [0.2, 0.25) is 0 Å². The fourth-order valence-electron chi connectivity index (χ4n) is 2.59. The van der Waals surface area contributed by atoms with Crippen LogP contribution in [0.5, 0.6) is 0 Å². The molecule has 1 aromatic rings. The molecule has 0 saturated carbocycles. The largest absolute Gasteiger partial charge is 0.481 e. The van der Waals surface area contributed by atoms with E-state index >= 15 is 0 Å². The zero-order chi connectivity index (χ0) is 18.6. The molecule has 1 heterocycles. The summed E-state index contributed by atoms with van der Waals surface area (Å²) in [7, 11) is 0.